The molecule has 6 nitrogen and oxygen atoms in total. The second-order valence-corrected chi connectivity index (χ2v) is 5.32. The number of nitrogens with one attached hydrogen (secondary N) is 3. The van der Waals surface area contributed by atoms with E-state index in [0.717, 1.165) is 19.4 Å². The first-order chi connectivity index (χ1) is 8.99. The second-order valence-electron chi connectivity index (χ2n) is 5.32. The fourth-order valence-corrected chi connectivity index (χ4v) is 2.12. The molecule has 2 unspecified atom stereocenters. The van der Waals surface area contributed by atoms with Gasteiger partial charge in [0.25, 0.3) is 0 Å². The van der Waals surface area contributed by atoms with Crippen LogP contribution in [0.25, 0.3) is 0 Å². The Morgan fingerprint density at radius 3 is 2.79 bits per heavy atom. The van der Waals surface area contributed by atoms with Gasteiger partial charge in [-0.3, -0.25) is 9.59 Å². The second kappa shape index (κ2) is 7.45. The van der Waals surface area contributed by atoms with Crippen LogP contribution in [0.3, 0.4) is 0 Å². The first-order valence-corrected chi connectivity index (χ1v) is 6.78. The Balaban J connectivity index is 2.40. The maximum atomic E-state index is 12.2. The molecule has 6 heteroatoms. The fraction of sp³-hybridized carbons (Fsp3) is 0.846. The number of ether oxygens (including phenoxy) is 1. The summed E-state index contributed by atoms with van der Waals surface area (Å²) in [7, 11) is 1.58. The molecule has 0 saturated carbocycles. The standard InChI is InChI=1S/C13H25N3O3/c1-10(11(17)15-7-8-19-3)16-12(18)13(2)5-4-6-14-9-13/h10,14H,4-9H2,1-3H3,(H,15,17)(H,16,18). The normalized spacial score (nSPS) is 24.6. The third kappa shape index (κ3) is 4.80. The zero-order chi connectivity index (χ0) is 14.3. The first-order valence-electron chi connectivity index (χ1n) is 6.78. The van der Waals surface area contributed by atoms with Gasteiger partial charge in [-0.1, -0.05) is 0 Å². The van der Waals surface area contributed by atoms with Gasteiger partial charge in [-0.15, -0.1) is 0 Å². The molecule has 0 spiro atoms. The van der Waals surface area contributed by atoms with Crippen LogP contribution in [0.15, 0.2) is 0 Å². The predicted molar refractivity (Wildman–Crippen MR) is 72.7 cm³/mol. The highest BCUT2D eigenvalue weighted by molar-refractivity contribution is 5.89. The summed E-state index contributed by atoms with van der Waals surface area (Å²) in [5.41, 5.74) is -0.417. The summed E-state index contributed by atoms with van der Waals surface area (Å²) in [6.07, 6.45) is 1.84. The Morgan fingerprint density at radius 1 is 1.47 bits per heavy atom. The number of hydrogen-bond donors (Lipinski definition) is 3. The van der Waals surface area contributed by atoms with E-state index < -0.39 is 11.5 Å². The highest BCUT2D eigenvalue weighted by Crippen LogP contribution is 2.25. The van der Waals surface area contributed by atoms with Crippen LogP contribution >= 0.6 is 0 Å². The van der Waals surface area contributed by atoms with Gasteiger partial charge in [0.1, 0.15) is 6.04 Å². The lowest BCUT2D eigenvalue weighted by atomic mass is 9.82. The van der Waals surface area contributed by atoms with E-state index in [2.05, 4.69) is 16.0 Å². The van der Waals surface area contributed by atoms with E-state index in [0.29, 0.717) is 19.7 Å². The molecule has 1 aliphatic rings. The minimum absolute atomic E-state index is 0.0610. The molecule has 2 atom stereocenters. The van der Waals surface area contributed by atoms with Crippen LogP contribution in [-0.2, 0) is 14.3 Å². The average Bonchev–Trinajstić information content (AvgIpc) is 2.39. The Kier molecular flexibility index (Phi) is 6.24. The van der Waals surface area contributed by atoms with E-state index in [-0.39, 0.29) is 11.8 Å². The summed E-state index contributed by atoms with van der Waals surface area (Å²) in [4.78, 5) is 24.0. The van der Waals surface area contributed by atoms with Crippen LogP contribution < -0.4 is 16.0 Å². The lowest BCUT2D eigenvalue weighted by Crippen LogP contribution is -2.54. The topological polar surface area (TPSA) is 79.5 Å². The van der Waals surface area contributed by atoms with Gasteiger partial charge in [-0.25, -0.2) is 0 Å². The van der Waals surface area contributed by atoms with E-state index in [4.69, 9.17) is 4.74 Å². The number of amides is 2. The van der Waals surface area contributed by atoms with Crippen LogP contribution in [0.4, 0.5) is 0 Å². The van der Waals surface area contributed by atoms with Crippen molar-refractivity contribution >= 4 is 11.8 Å². The van der Waals surface area contributed by atoms with Crippen LogP contribution in [0.2, 0.25) is 0 Å². The van der Waals surface area contributed by atoms with Crippen molar-refractivity contribution in [1.82, 2.24) is 16.0 Å². The van der Waals surface area contributed by atoms with Gasteiger partial charge in [-0.2, -0.15) is 0 Å². The third-order valence-corrected chi connectivity index (χ3v) is 3.49. The zero-order valence-corrected chi connectivity index (χ0v) is 12.0. The number of carbonyl (C=O) groups excluding carboxylic acids is 2. The Morgan fingerprint density at radius 2 is 2.21 bits per heavy atom. The van der Waals surface area contributed by atoms with Gasteiger partial charge < -0.3 is 20.7 Å². The molecule has 0 aromatic rings. The van der Waals surface area contributed by atoms with E-state index in [1.54, 1.807) is 14.0 Å². The number of piperidine rings is 1. The van der Waals surface area contributed by atoms with Gasteiger partial charge in [0.05, 0.1) is 12.0 Å². The SMILES string of the molecule is COCCNC(=O)C(C)NC(=O)C1(C)CCCNC1. The summed E-state index contributed by atoms with van der Waals surface area (Å²) in [6.45, 7) is 6.17. The van der Waals surface area contributed by atoms with Gasteiger partial charge in [-0.05, 0) is 33.2 Å². The average molecular weight is 271 g/mol. The monoisotopic (exact) mass is 271 g/mol. The molecule has 1 aliphatic heterocycles. The molecular weight excluding hydrogens is 246 g/mol. The van der Waals surface area contributed by atoms with E-state index in [9.17, 15) is 9.59 Å². The number of methoxy groups -OCH3 is 1. The molecule has 1 fully saturated rings. The molecule has 0 radical (unpaired) electrons. The van der Waals surface area contributed by atoms with Gasteiger partial charge in [0.2, 0.25) is 11.8 Å². The summed E-state index contributed by atoms with van der Waals surface area (Å²) in [5.74, 6) is -0.244. The molecule has 0 aromatic heterocycles. The van der Waals surface area contributed by atoms with Crippen molar-refractivity contribution in [3.63, 3.8) is 0 Å². The molecule has 19 heavy (non-hydrogen) atoms. The summed E-state index contributed by atoms with van der Waals surface area (Å²) >= 11 is 0. The maximum Gasteiger partial charge on any atom is 0.242 e. The number of hydrogen-bond acceptors (Lipinski definition) is 4. The molecular formula is C13H25N3O3. The molecule has 0 aliphatic carbocycles. The summed E-state index contributed by atoms with van der Waals surface area (Å²) in [5, 5.41) is 8.72. The molecule has 110 valence electrons. The smallest absolute Gasteiger partial charge is 0.242 e. The van der Waals surface area contributed by atoms with Crippen LogP contribution in [0, 0.1) is 5.41 Å². The molecule has 0 aromatic carbocycles. The van der Waals surface area contributed by atoms with Crippen LogP contribution in [0.5, 0.6) is 0 Å². The molecule has 0 bridgehead atoms. The van der Waals surface area contributed by atoms with E-state index in [1.807, 2.05) is 6.92 Å². The van der Waals surface area contributed by atoms with Crippen molar-refractivity contribution in [2.24, 2.45) is 5.41 Å². The van der Waals surface area contributed by atoms with Crippen LogP contribution in [-0.4, -0.2) is 51.2 Å². The van der Waals surface area contributed by atoms with Gasteiger partial charge >= 0.3 is 0 Å². The summed E-state index contributed by atoms with van der Waals surface area (Å²) < 4.78 is 4.85. The third-order valence-electron chi connectivity index (χ3n) is 3.49. The summed E-state index contributed by atoms with van der Waals surface area (Å²) in [6, 6.07) is -0.525. The Bertz CT molecular complexity index is 314. The first kappa shape index (κ1) is 15.9. The van der Waals surface area contributed by atoms with Crippen LogP contribution in [0.1, 0.15) is 26.7 Å². The van der Waals surface area contributed by atoms with Crippen molar-refractivity contribution in [2.45, 2.75) is 32.7 Å². The van der Waals surface area contributed by atoms with Crippen molar-refractivity contribution in [3.05, 3.63) is 0 Å². The van der Waals surface area contributed by atoms with Crippen molar-refractivity contribution in [3.8, 4) is 0 Å². The Hall–Kier alpha value is -1.14. The Labute approximate surface area is 114 Å². The largest absolute Gasteiger partial charge is 0.383 e. The van der Waals surface area contributed by atoms with Crippen molar-refractivity contribution < 1.29 is 14.3 Å². The molecule has 1 heterocycles. The number of rotatable bonds is 6. The highest BCUT2D eigenvalue weighted by Gasteiger charge is 2.35. The number of carbonyl (C=O) groups is 2. The van der Waals surface area contributed by atoms with Crippen molar-refractivity contribution in [2.75, 3.05) is 33.4 Å². The fourth-order valence-electron chi connectivity index (χ4n) is 2.12. The van der Waals surface area contributed by atoms with Crippen molar-refractivity contribution in [1.29, 1.82) is 0 Å². The predicted octanol–water partition coefficient (Wildman–Crippen LogP) is -0.357. The molecule has 3 N–H and O–H groups in total. The highest BCUT2D eigenvalue weighted by atomic mass is 16.5. The minimum atomic E-state index is -0.525. The van der Waals surface area contributed by atoms with E-state index >= 15 is 0 Å². The van der Waals surface area contributed by atoms with Gasteiger partial charge in [0, 0.05) is 20.2 Å². The molecule has 2 amide bonds. The minimum Gasteiger partial charge on any atom is -0.383 e. The lowest BCUT2D eigenvalue weighted by Gasteiger charge is -2.33. The molecule has 1 saturated heterocycles. The van der Waals surface area contributed by atoms with E-state index in [1.165, 1.54) is 0 Å². The lowest BCUT2D eigenvalue weighted by molar-refractivity contribution is -0.135. The maximum absolute atomic E-state index is 12.2. The quantitative estimate of drug-likeness (QED) is 0.577. The molecule has 1 rings (SSSR count). The zero-order valence-electron chi connectivity index (χ0n) is 12.0. The van der Waals surface area contributed by atoms with Gasteiger partial charge in [0.15, 0.2) is 0 Å².